The molecule has 1 heteroatoms. The highest BCUT2D eigenvalue weighted by Crippen LogP contribution is 2.45. The molecule has 2 rings (SSSR count). The van der Waals surface area contributed by atoms with Crippen molar-refractivity contribution in [3.05, 3.63) is 0 Å². The second-order valence-corrected chi connectivity index (χ2v) is 8.70. The highest BCUT2D eigenvalue weighted by molar-refractivity contribution is 4.96. The topological polar surface area (TPSA) is 26.0 Å². The molecule has 0 radical (unpaired) electrons. The molecular formula is C18H35N. The molecule has 0 amide bonds. The van der Waals surface area contributed by atoms with Crippen LogP contribution in [-0.4, -0.2) is 5.54 Å². The highest BCUT2D eigenvalue weighted by atomic mass is 14.8. The zero-order valence-electron chi connectivity index (χ0n) is 13.7. The van der Waals surface area contributed by atoms with E-state index in [0.29, 0.717) is 5.41 Å². The predicted molar refractivity (Wildman–Crippen MR) is 84.1 cm³/mol. The lowest BCUT2D eigenvalue weighted by atomic mass is 9.68. The quantitative estimate of drug-likeness (QED) is 0.653. The van der Waals surface area contributed by atoms with E-state index < -0.39 is 0 Å². The van der Waals surface area contributed by atoms with Gasteiger partial charge in [-0.15, -0.1) is 0 Å². The SMILES string of the molecule is CC1CCCC(C2(N)CCCC(C(C)(C)C)CC2)C1. The first kappa shape index (κ1) is 15.4. The van der Waals surface area contributed by atoms with E-state index in [9.17, 15) is 0 Å². The molecule has 0 heterocycles. The van der Waals surface area contributed by atoms with Gasteiger partial charge in [-0.3, -0.25) is 0 Å². The van der Waals surface area contributed by atoms with Crippen LogP contribution in [0.25, 0.3) is 0 Å². The largest absolute Gasteiger partial charge is 0.325 e. The highest BCUT2D eigenvalue weighted by Gasteiger charge is 2.40. The zero-order chi connectivity index (χ0) is 14.1. The summed E-state index contributed by atoms with van der Waals surface area (Å²) < 4.78 is 0. The van der Waals surface area contributed by atoms with Crippen LogP contribution in [0.3, 0.4) is 0 Å². The van der Waals surface area contributed by atoms with Crippen molar-refractivity contribution < 1.29 is 0 Å². The predicted octanol–water partition coefficient (Wildman–Crippen LogP) is 5.14. The Morgan fingerprint density at radius 2 is 1.68 bits per heavy atom. The summed E-state index contributed by atoms with van der Waals surface area (Å²) in [5.74, 6) is 2.58. The standard InChI is InChI=1S/C18H35N/c1-14-7-5-8-16(13-14)18(19)11-6-9-15(10-12-18)17(2,3)4/h14-16H,5-13,19H2,1-4H3. The van der Waals surface area contributed by atoms with Crippen molar-refractivity contribution >= 4 is 0 Å². The van der Waals surface area contributed by atoms with Crippen molar-refractivity contribution in [2.45, 2.75) is 91.0 Å². The summed E-state index contributed by atoms with van der Waals surface area (Å²) in [5.41, 5.74) is 7.53. The minimum absolute atomic E-state index is 0.161. The zero-order valence-corrected chi connectivity index (χ0v) is 13.7. The van der Waals surface area contributed by atoms with Gasteiger partial charge in [0.2, 0.25) is 0 Å². The monoisotopic (exact) mass is 265 g/mol. The van der Waals surface area contributed by atoms with Crippen molar-refractivity contribution in [3.8, 4) is 0 Å². The molecule has 0 aromatic carbocycles. The van der Waals surface area contributed by atoms with Gasteiger partial charge < -0.3 is 5.73 Å². The lowest BCUT2D eigenvalue weighted by molar-refractivity contribution is 0.147. The summed E-state index contributed by atoms with van der Waals surface area (Å²) in [6, 6.07) is 0. The molecule has 0 aromatic rings. The first-order valence-corrected chi connectivity index (χ1v) is 8.60. The molecule has 2 fully saturated rings. The maximum atomic E-state index is 6.90. The third-order valence-electron chi connectivity index (χ3n) is 6.13. The fraction of sp³-hybridized carbons (Fsp3) is 1.00. The number of hydrogen-bond acceptors (Lipinski definition) is 1. The average molecular weight is 265 g/mol. The molecule has 1 nitrogen and oxygen atoms in total. The summed E-state index contributed by atoms with van der Waals surface area (Å²) in [4.78, 5) is 0. The summed E-state index contributed by atoms with van der Waals surface area (Å²) in [7, 11) is 0. The van der Waals surface area contributed by atoms with E-state index in [2.05, 4.69) is 27.7 Å². The molecule has 2 saturated carbocycles. The van der Waals surface area contributed by atoms with Gasteiger partial charge in [-0.1, -0.05) is 47.0 Å². The van der Waals surface area contributed by atoms with Crippen LogP contribution in [0.1, 0.15) is 85.5 Å². The van der Waals surface area contributed by atoms with E-state index in [1.807, 2.05) is 0 Å². The van der Waals surface area contributed by atoms with Crippen molar-refractivity contribution in [3.63, 3.8) is 0 Å². The van der Waals surface area contributed by atoms with Crippen molar-refractivity contribution in [1.82, 2.24) is 0 Å². The van der Waals surface area contributed by atoms with E-state index in [-0.39, 0.29) is 5.54 Å². The van der Waals surface area contributed by atoms with Gasteiger partial charge in [0, 0.05) is 5.54 Å². The Hall–Kier alpha value is -0.0400. The van der Waals surface area contributed by atoms with Gasteiger partial charge in [0.05, 0.1) is 0 Å². The molecule has 19 heavy (non-hydrogen) atoms. The van der Waals surface area contributed by atoms with Gasteiger partial charge in [-0.25, -0.2) is 0 Å². The average Bonchev–Trinajstić information content (AvgIpc) is 2.52. The van der Waals surface area contributed by atoms with Crippen LogP contribution in [0, 0.1) is 23.2 Å². The molecule has 0 spiro atoms. The van der Waals surface area contributed by atoms with Crippen molar-refractivity contribution in [2.24, 2.45) is 28.9 Å². The number of rotatable bonds is 1. The van der Waals surface area contributed by atoms with Crippen LogP contribution in [-0.2, 0) is 0 Å². The molecule has 0 bridgehead atoms. The molecule has 0 aliphatic heterocycles. The molecule has 4 atom stereocenters. The maximum Gasteiger partial charge on any atom is 0.0183 e. The van der Waals surface area contributed by atoms with Gasteiger partial charge in [-0.2, -0.15) is 0 Å². The van der Waals surface area contributed by atoms with E-state index >= 15 is 0 Å². The fourth-order valence-electron chi connectivity index (χ4n) is 4.62. The molecule has 0 aromatic heterocycles. The lowest BCUT2D eigenvalue weighted by Gasteiger charge is -2.41. The normalized spacial score (nSPS) is 41.8. The second kappa shape index (κ2) is 5.76. The minimum Gasteiger partial charge on any atom is -0.325 e. The van der Waals surface area contributed by atoms with Crippen LogP contribution < -0.4 is 5.73 Å². The first-order valence-electron chi connectivity index (χ1n) is 8.60. The van der Waals surface area contributed by atoms with E-state index in [0.717, 1.165) is 17.8 Å². The summed E-state index contributed by atoms with van der Waals surface area (Å²) in [6.07, 6.45) is 12.3. The number of nitrogens with two attached hydrogens (primary N) is 1. The molecule has 2 aliphatic carbocycles. The fourth-order valence-corrected chi connectivity index (χ4v) is 4.62. The van der Waals surface area contributed by atoms with Crippen molar-refractivity contribution in [1.29, 1.82) is 0 Å². The lowest BCUT2D eigenvalue weighted by Crippen LogP contribution is -2.48. The molecule has 2 N–H and O–H groups in total. The van der Waals surface area contributed by atoms with Crippen LogP contribution in [0.2, 0.25) is 0 Å². The Bertz CT molecular complexity index is 291. The van der Waals surface area contributed by atoms with Gasteiger partial charge in [0.25, 0.3) is 0 Å². The Labute approximate surface area is 120 Å². The van der Waals surface area contributed by atoms with Crippen LogP contribution in [0.5, 0.6) is 0 Å². The molecular weight excluding hydrogens is 230 g/mol. The third kappa shape index (κ3) is 3.74. The van der Waals surface area contributed by atoms with Crippen LogP contribution >= 0.6 is 0 Å². The number of hydrogen-bond donors (Lipinski definition) is 1. The van der Waals surface area contributed by atoms with Gasteiger partial charge in [0.15, 0.2) is 0 Å². The first-order chi connectivity index (χ1) is 8.81. The van der Waals surface area contributed by atoms with Gasteiger partial charge >= 0.3 is 0 Å². The van der Waals surface area contributed by atoms with Gasteiger partial charge in [-0.05, 0) is 61.7 Å². The summed E-state index contributed by atoms with van der Waals surface area (Å²) >= 11 is 0. The Balaban J connectivity index is 2.00. The van der Waals surface area contributed by atoms with Gasteiger partial charge in [0.1, 0.15) is 0 Å². The molecule has 112 valence electrons. The second-order valence-electron chi connectivity index (χ2n) is 8.70. The molecule has 4 unspecified atom stereocenters. The van der Waals surface area contributed by atoms with E-state index in [1.54, 1.807) is 0 Å². The van der Waals surface area contributed by atoms with Crippen LogP contribution in [0.4, 0.5) is 0 Å². The van der Waals surface area contributed by atoms with Crippen LogP contribution in [0.15, 0.2) is 0 Å². The maximum absolute atomic E-state index is 6.90. The van der Waals surface area contributed by atoms with Crippen molar-refractivity contribution in [2.75, 3.05) is 0 Å². The van der Waals surface area contributed by atoms with E-state index in [4.69, 9.17) is 5.73 Å². The Morgan fingerprint density at radius 1 is 0.947 bits per heavy atom. The minimum atomic E-state index is 0.161. The third-order valence-corrected chi connectivity index (χ3v) is 6.13. The summed E-state index contributed by atoms with van der Waals surface area (Å²) in [5, 5.41) is 0. The molecule has 2 aliphatic rings. The Morgan fingerprint density at radius 3 is 2.32 bits per heavy atom. The Kier molecular flexibility index (Phi) is 4.65. The van der Waals surface area contributed by atoms with E-state index in [1.165, 1.54) is 57.8 Å². The summed E-state index contributed by atoms with van der Waals surface area (Å²) in [6.45, 7) is 9.64. The smallest absolute Gasteiger partial charge is 0.0183 e. The molecule has 0 saturated heterocycles.